The van der Waals surface area contributed by atoms with E-state index < -0.39 is 0 Å². The molecule has 0 fully saturated rings. The van der Waals surface area contributed by atoms with Gasteiger partial charge in [0, 0.05) is 17.8 Å². The molecule has 0 amide bonds. The summed E-state index contributed by atoms with van der Waals surface area (Å²) in [6.45, 7) is 8.20. The van der Waals surface area contributed by atoms with Crippen LogP contribution < -0.4 is 10.1 Å². The molecule has 1 N–H and O–H groups in total. The second kappa shape index (κ2) is 5.69. The zero-order valence-electron chi connectivity index (χ0n) is 11.6. The van der Waals surface area contributed by atoms with Crippen LogP contribution in [0.3, 0.4) is 0 Å². The number of nitrogens with zero attached hydrogens (tertiary/aromatic N) is 3. The highest BCUT2D eigenvalue weighted by Crippen LogP contribution is 2.14. The first-order valence-corrected chi connectivity index (χ1v) is 6.21. The standard InChI is InChI=1S/C13H18N4O2/c1-8(2)18-12-5-9(3)15-13(16-12)14-7-11-6-10(4)19-17-11/h5-6,8H,7H2,1-4H3,(H,14,15,16). The molecule has 2 rings (SSSR count). The van der Waals surface area contributed by atoms with Crippen molar-refractivity contribution in [2.45, 2.75) is 40.3 Å². The molecular weight excluding hydrogens is 244 g/mol. The summed E-state index contributed by atoms with van der Waals surface area (Å²) in [7, 11) is 0. The number of rotatable bonds is 5. The minimum atomic E-state index is 0.0836. The van der Waals surface area contributed by atoms with Crippen LogP contribution in [0.15, 0.2) is 16.7 Å². The summed E-state index contributed by atoms with van der Waals surface area (Å²) in [5.41, 5.74) is 1.67. The number of hydrogen-bond donors (Lipinski definition) is 1. The highest BCUT2D eigenvalue weighted by molar-refractivity contribution is 5.31. The van der Waals surface area contributed by atoms with Gasteiger partial charge in [-0.25, -0.2) is 4.98 Å². The first-order valence-electron chi connectivity index (χ1n) is 6.21. The van der Waals surface area contributed by atoms with Gasteiger partial charge in [0.15, 0.2) is 0 Å². The zero-order chi connectivity index (χ0) is 13.8. The Labute approximate surface area is 112 Å². The molecule has 0 unspecified atom stereocenters. The maximum absolute atomic E-state index is 5.57. The van der Waals surface area contributed by atoms with E-state index in [1.165, 1.54) is 0 Å². The lowest BCUT2D eigenvalue weighted by Crippen LogP contribution is -2.10. The van der Waals surface area contributed by atoms with Gasteiger partial charge in [0.1, 0.15) is 11.5 Å². The van der Waals surface area contributed by atoms with E-state index in [9.17, 15) is 0 Å². The van der Waals surface area contributed by atoms with Gasteiger partial charge >= 0.3 is 0 Å². The molecule has 0 aliphatic carbocycles. The summed E-state index contributed by atoms with van der Waals surface area (Å²) in [5.74, 6) is 1.88. The molecule has 0 aliphatic heterocycles. The second-order valence-electron chi connectivity index (χ2n) is 4.62. The van der Waals surface area contributed by atoms with Crippen LogP contribution in [-0.4, -0.2) is 21.2 Å². The lowest BCUT2D eigenvalue weighted by Gasteiger charge is -2.10. The fraction of sp³-hybridized carbons (Fsp3) is 0.462. The monoisotopic (exact) mass is 262 g/mol. The molecule has 0 aromatic carbocycles. The molecule has 0 saturated carbocycles. The number of nitrogens with one attached hydrogen (secondary N) is 1. The van der Waals surface area contributed by atoms with E-state index in [1.54, 1.807) is 0 Å². The van der Waals surface area contributed by atoms with Crippen molar-refractivity contribution in [2.24, 2.45) is 0 Å². The lowest BCUT2D eigenvalue weighted by atomic mass is 10.4. The van der Waals surface area contributed by atoms with Crippen molar-refractivity contribution in [3.8, 4) is 5.88 Å². The molecule has 0 radical (unpaired) electrons. The first-order chi connectivity index (χ1) is 9.02. The van der Waals surface area contributed by atoms with E-state index in [4.69, 9.17) is 9.26 Å². The van der Waals surface area contributed by atoms with Crippen molar-refractivity contribution >= 4 is 5.95 Å². The average Bonchev–Trinajstić information content (AvgIpc) is 2.71. The van der Waals surface area contributed by atoms with Gasteiger partial charge < -0.3 is 14.6 Å². The smallest absolute Gasteiger partial charge is 0.226 e. The third-order valence-electron chi connectivity index (χ3n) is 2.29. The van der Waals surface area contributed by atoms with Gasteiger partial charge in [-0.1, -0.05) is 5.16 Å². The summed E-state index contributed by atoms with van der Waals surface area (Å²) >= 11 is 0. The molecule has 19 heavy (non-hydrogen) atoms. The first kappa shape index (κ1) is 13.3. The number of hydrogen-bond acceptors (Lipinski definition) is 6. The van der Waals surface area contributed by atoms with Crippen molar-refractivity contribution in [3.05, 3.63) is 29.3 Å². The van der Waals surface area contributed by atoms with Gasteiger partial charge in [-0.2, -0.15) is 4.98 Å². The zero-order valence-corrected chi connectivity index (χ0v) is 11.6. The third kappa shape index (κ3) is 3.94. The van der Waals surface area contributed by atoms with Crippen molar-refractivity contribution in [1.82, 2.24) is 15.1 Å². The minimum absolute atomic E-state index is 0.0836. The Balaban J connectivity index is 2.05. The maximum atomic E-state index is 5.57. The van der Waals surface area contributed by atoms with Crippen molar-refractivity contribution in [2.75, 3.05) is 5.32 Å². The molecule has 0 saturated heterocycles. The summed E-state index contributed by atoms with van der Waals surface area (Å²) in [4.78, 5) is 8.60. The molecule has 0 spiro atoms. The molecule has 2 aromatic rings. The number of aromatic nitrogens is 3. The highest BCUT2D eigenvalue weighted by Gasteiger charge is 2.06. The van der Waals surface area contributed by atoms with Crippen LogP contribution in [-0.2, 0) is 6.54 Å². The predicted molar refractivity (Wildman–Crippen MR) is 71.1 cm³/mol. The number of anilines is 1. The molecule has 6 nitrogen and oxygen atoms in total. The largest absolute Gasteiger partial charge is 0.475 e. The average molecular weight is 262 g/mol. The van der Waals surface area contributed by atoms with Gasteiger partial charge in [-0.15, -0.1) is 0 Å². The van der Waals surface area contributed by atoms with E-state index in [2.05, 4.69) is 20.4 Å². The SMILES string of the molecule is Cc1cc(OC(C)C)nc(NCc2cc(C)on2)n1. The fourth-order valence-electron chi connectivity index (χ4n) is 1.59. The van der Waals surface area contributed by atoms with Crippen LogP contribution in [0.2, 0.25) is 0 Å². The van der Waals surface area contributed by atoms with Gasteiger partial charge in [0.2, 0.25) is 11.8 Å². The van der Waals surface area contributed by atoms with Crippen LogP contribution in [0.4, 0.5) is 5.95 Å². The Kier molecular flexibility index (Phi) is 3.99. The molecule has 0 atom stereocenters. The van der Waals surface area contributed by atoms with Crippen LogP contribution in [0.1, 0.15) is 31.0 Å². The Morgan fingerprint density at radius 3 is 2.68 bits per heavy atom. The molecule has 6 heteroatoms. The molecular formula is C13H18N4O2. The van der Waals surface area contributed by atoms with Gasteiger partial charge in [-0.05, 0) is 27.7 Å². The Bertz CT molecular complexity index is 551. The quantitative estimate of drug-likeness (QED) is 0.892. The molecule has 102 valence electrons. The molecule has 0 bridgehead atoms. The van der Waals surface area contributed by atoms with Gasteiger partial charge in [0.25, 0.3) is 0 Å². The van der Waals surface area contributed by atoms with Crippen molar-refractivity contribution < 1.29 is 9.26 Å². The van der Waals surface area contributed by atoms with E-state index in [0.717, 1.165) is 17.1 Å². The topological polar surface area (TPSA) is 73.1 Å². The lowest BCUT2D eigenvalue weighted by molar-refractivity contribution is 0.232. The van der Waals surface area contributed by atoms with Crippen molar-refractivity contribution in [1.29, 1.82) is 0 Å². The van der Waals surface area contributed by atoms with Crippen LogP contribution in [0.5, 0.6) is 5.88 Å². The van der Waals surface area contributed by atoms with Crippen LogP contribution in [0.25, 0.3) is 0 Å². The summed E-state index contributed by atoms with van der Waals surface area (Å²) in [5, 5.41) is 7.00. The van der Waals surface area contributed by atoms with Crippen molar-refractivity contribution in [3.63, 3.8) is 0 Å². The van der Waals surface area contributed by atoms with E-state index in [-0.39, 0.29) is 6.10 Å². The third-order valence-corrected chi connectivity index (χ3v) is 2.29. The summed E-state index contributed by atoms with van der Waals surface area (Å²) in [6, 6.07) is 3.68. The molecule has 2 heterocycles. The predicted octanol–water partition coefficient (Wildman–Crippen LogP) is 2.48. The Morgan fingerprint density at radius 1 is 1.26 bits per heavy atom. The van der Waals surface area contributed by atoms with E-state index >= 15 is 0 Å². The van der Waals surface area contributed by atoms with Gasteiger partial charge in [0.05, 0.1) is 12.6 Å². The summed E-state index contributed by atoms with van der Waals surface area (Å²) < 4.78 is 10.6. The van der Waals surface area contributed by atoms with Crippen LogP contribution >= 0.6 is 0 Å². The molecule has 0 aliphatic rings. The normalized spacial score (nSPS) is 10.8. The Morgan fingerprint density at radius 2 is 2.05 bits per heavy atom. The molecule has 2 aromatic heterocycles. The fourth-order valence-corrected chi connectivity index (χ4v) is 1.59. The maximum Gasteiger partial charge on any atom is 0.226 e. The van der Waals surface area contributed by atoms with E-state index in [1.807, 2.05) is 39.8 Å². The van der Waals surface area contributed by atoms with Crippen LogP contribution in [0, 0.1) is 13.8 Å². The minimum Gasteiger partial charge on any atom is -0.475 e. The highest BCUT2D eigenvalue weighted by atomic mass is 16.5. The van der Waals surface area contributed by atoms with E-state index in [0.29, 0.717) is 18.4 Å². The number of aryl methyl sites for hydroxylation is 2. The summed E-state index contributed by atoms with van der Waals surface area (Å²) in [6.07, 6.45) is 0.0836. The Hall–Kier alpha value is -2.11. The second-order valence-corrected chi connectivity index (χ2v) is 4.62. The van der Waals surface area contributed by atoms with Gasteiger partial charge in [-0.3, -0.25) is 0 Å². The number of ether oxygens (including phenoxy) is 1.